The highest BCUT2D eigenvalue weighted by molar-refractivity contribution is 5.25. The summed E-state index contributed by atoms with van der Waals surface area (Å²) in [6.07, 6.45) is 7.33. The zero-order chi connectivity index (χ0) is 14.0. The number of pyridine rings is 1. The summed E-state index contributed by atoms with van der Waals surface area (Å²) >= 11 is 0. The van der Waals surface area contributed by atoms with E-state index in [2.05, 4.69) is 23.3 Å². The van der Waals surface area contributed by atoms with E-state index in [4.69, 9.17) is 9.47 Å². The Bertz CT molecular complexity index is 460. The Morgan fingerprint density at radius 1 is 1.45 bits per heavy atom. The van der Waals surface area contributed by atoms with E-state index < -0.39 is 0 Å². The normalized spacial score (nSPS) is 26.9. The van der Waals surface area contributed by atoms with Gasteiger partial charge in [-0.2, -0.15) is 0 Å². The van der Waals surface area contributed by atoms with Crippen LogP contribution in [0.1, 0.15) is 38.2 Å². The van der Waals surface area contributed by atoms with E-state index in [-0.39, 0.29) is 0 Å². The minimum atomic E-state index is 0.408. The number of methoxy groups -OCH3 is 1. The molecule has 0 radical (unpaired) electrons. The Kier molecular flexibility index (Phi) is 3.94. The Balaban J connectivity index is 1.59. The first-order chi connectivity index (χ1) is 9.80. The molecule has 1 aromatic heterocycles. The van der Waals surface area contributed by atoms with E-state index >= 15 is 0 Å². The third-order valence-electron chi connectivity index (χ3n) is 5.02. The molecule has 4 heteroatoms. The van der Waals surface area contributed by atoms with Crippen molar-refractivity contribution in [2.24, 2.45) is 5.41 Å². The lowest BCUT2D eigenvalue weighted by atomic mass is 9.51. The predicted octanol–water partition coefficient (Wildman–Crippen LogP) is 2.53. The van der Waals surface area contributed by atoms with Crippen LogP contribution in [0.4, 0.5) is 0 Å². The van der Waals surface area contributed by atoms with Crippen LogP contribution in [0.2, 0.25) is 0 Å². The van der Waals surface area contributed by atoms with Gasteiger partial charge in [0.1, 0.15) is 0 Å². The molecule has 0 saturated heterocycles. The molecular formula is C16H24N2O2. The lowest BCUT2D eigenvalue weighted by Gasteiger charge is -2.61. The second-order valence-electron chi connectivity index (χ2n) is 5.87. The number of hydrogen-bond acceptors (Lipinski definition) is 4. The van der Waals surface area contributed by atoms with Gasteiger partial charge >= 0.3 is 0 Å². The zero-order valence-corrected chi connectivity index (χ0v) is 12.4. The summed E-state index contributed by atoms with van der Waals surface area (Å²) in [6, 6.07) is 4.62. The molecule has 1 spiro atoms. The summed E-state index contributed by atoms with van der Waals surface area (Å²) in [4.78, 5) is 4.25. The van der Waals surface area contributed by atoms with Crippen LogP contribution >= 0.6 is 0 Å². The van der Waals surface area contributed by atoms with Gasteiger partial charge in [-0.1, -0.05) is 12.5 Å². The summed E-state index contributed by atoms with van der Waals surface area (Å²) in [6.45, 7) is 3.74. The number of nitrogens with zero attached hydrogens (tertiary/aromatic N) is 1. The standard InChI is InChI=1S/C16H24N2O2/c1-3-20-14-10-13(16(14)7-5-8-16)18-11-12-6-4-9-17-15(12)19-2/h4,6,9,13-14,18H,3,5,7-8,10-11H2,1-2H3. The molecule has 20 heavy (non-hydrogen) atoms. The maximum Gasteiger partial charge on any atom is 0.217 e. The van der Waals surface area contributed by atoms with Crippen LogP contribution in [-0.4, -0.2) is 30.8 Å². The van der Waals surface area contributed by atoms with Crippen LogP contribution in [0.25, 0.3) is 0 Å². The van der Waals surface area contributed by atoms with E-state index in [1.807, 2.05) is 6.07 Å². The highest BCUT2D eigenvalue weighted by atomic mass is 16.5. The fraction of sp³-hybridized carbons (Fsp3) is 0.688. The first-order valence-corrected chi connectivity index (χ1v) is 7.63. The van der Waals surface area contributed by atoms with Gasteiger partial charge < -0.3 is 14.8 Å². The van der Waals surface area contributed by atoms with E-state index in [1.54, 1.807) is 13.3 Å². The van der Waals surface area contributed by atoms with Gasteiger partial charge in [0.25, 0.3) is 0 Å². The van der Waals surface area contributed by atoms with Crippen molar-refractivity contribution in [2.75, 3.05) is 13.7 Å². The average Bonchev–Trinajstić information content (AvgIpc) is 2.40. The van der Waals surface area contributed by atoms with Gasteiger partial charge in [0, 0.05) is 36.4 Å². The van der Waals surface area contributed by atoms with Gasteiger partial charge in [0.15, 0.2) is 0 Å². The fourth-order valence-electron chi connectivity index (χ4n) is 3.70. The predicted molar refractivity (Wildman–Crippen MR) is 77.7 cm³/mol. The Morgan fingerprint density at radius 2 is 2.30 bits per heavy atom. The van der Waals surface area contributed by atoms with Crippen molar-refractivity contribution in [3.05, 3.63) is 23.9 Å². The van der Waals surface area contributed by atoms with Gasteiger partial charge in [-0.05, 0) is 32.3 Å². The van der Waals surface area contributed by atoms with Gasteiger partial charge in [-0.3, -0.25) is 0 Å². The summed E-state index contributed by atoms with van der Waals surface area (Å²) < 4.78 is 11.2. The quantitative estimate of drug-likeness (QED) is 0.867. The molecule has 1 N–H and O–H groups in total. The Labute approximate surface area is 120 Å². The molecule has 4 nitrogen and oxygen atoms in total. The molecule has 3 rings (SSSR count). The molecule has 1 heterocycles. The minimum absolute atomic E-state index is 0.408. The van der Waals surface area contributed by atoms with Crippen molar-refractivity contribution in [2.45, 2.75) is 51.3 Å². The van der Waals surface area contributed by atoms with Crippen molar-refractivity contribution in [3.63, 3.8) is 0 Å². The number of rotatable bonds is 6. The number of nitrogens with one attached hydrogen (secondary N) is 1. The number of ether oxygens (including phenoxy) is 2. The van der Waals surface area contributed by atoms with Crippen LogP contribution in [0.15, 0.2) is 18.3 Å². The largest absolute Gasteiger partial charge is 0.481 e. The van der Waals surface area contributed by atoms with Crippen molar-refractivity contribution < 1.29 is 9.47 Å². The smallest absolute Gasteiger partial charge is 0.217 e. The monoisotopic (exact) mass is 276 g/mol. The minimum Gasteiger partial charge on any atom is -0.481 e. The van der Waals surface area contributed by atoms with Crippen LogP contribution in [-0.2, 0) is 11.3 Å². The third-order valence-corrected chi connectivity index (χ3v) is 5.02. The molecule has 2 unspecified atom stereocenters. The topological polar surface area (TPSA) is 43.4 Å². The fourth-order valence-corrected chi connectivity index (χ4v) is 3.70. The maximum atomic E-state index is 5.89. The first-order valence-electron chi connectivity index (χ1n) is 7.63. The summed E-state index contributed by atoms with van der Waals surface area (Å²) in [5.74, 6) is 0.725. The van der Waals surface area contributed by atoms with Gasteiger partial charge in [0.05, 0.1) is 13.2 Å². The second-order valence-corrected chi connectivity index (χ2v) is 5.87. The third kappa shape index (κ3) is 2.21. The SMILES string of the molecule is CCOC1CC(NCc2cccnc2OC)C12CCC2. The Hall–Kier alpha value is -1.13. The van der Waals surface area contributed by atoms with Gasteiger partial charge in [-0.15, -0.1) is 0 Å². The molecule has 0 aliphatic heterocycles. The van der Waals surface area contributed by atoms with E-state index in [0.717, 1.165) is 31.0 Å². The summed E-state index contributed by atoms with van der Waals surface area (Å²) in [5, 5.41) is 3.69. The molecule has 110 valence electrons. The van der Waals surface area contributed by atoms with Crippen LogP contribution < -0.4 is 10.1 Å². The number of aromatic nitrogens is 1. The first kappa shape index (κ1) is 13.8. The molecule has 2 atom stereocenters. The zero-order valence-electron chi connectivity index (χ0n) is 12.4. The van der Waals surface area contributed by atoms with E-state index in [1.165, 1.54) is 19.3 Å². The summed E-state index contributed by atoms with van der Waals surface area (Å²) in [7, 11) is 1.67. The second kappa shape index (κ2) is 5.70. The Morgan fingerprint density at radius 3 is 2.95 bits per heavy atom. The summed E-state index contributed by atoms with van der Waals surface area (Å²) in [5.41, 5.74) is 1.54. The van der Waals surface area contributed by atoms with Gasteiger partial charge in [-0.25, -0.2) is 4.98 Å². The lowest BCUT2D eigenvalue weighted by Crippen LogP contribution is -2.66. The lowest BCUT2D eigenvalue weighted by molar-refractivity contribution is -0.173. The van der Waals surface area contributed by atoms with Crippen LogP contribution in [0, 0.1) is 5.41 Å². The van der Waals surface area contributed by atoms with Crippen molar-refractivity contribution in [3.8, 4) is 5.88 Å². The molecule has 0 bridgehead atoms. The van der Waals surface area contributed by atoms with Crippen molar-refractivity contribution >= 4 is 0 Å². The molecule has 0 aromatic carbocycles. The maximum absolute atomic E-state index is 5.89. The molecule has 2 aliphatic rings. The van der Waals surface area contributed by atoms with Gasteiger partial charge in [0.2, 0.25) is 5.88 Å². The molecule has 1 aromatic rings. The van der Waals surface area contributed by atoms with Crippen LogP contribution in [0.3, 0.4) is 0 Å². The average molecular weight is 276 g/mol. The van der Waals surface area contributed by atoms with Crippen molar-refractivity contribution in [1.82, 2.24) is 10.3 Å². The van der Waals surface area contributed by atoms with Crippen LogP contribution in [0.5, 0.6) is 5.88 Å². The molecule has 2 fully saturated rings. The van der Waals surface area contributed by atoms with E-state index in [9.17, 15) is 0 Å². The molecule has 0 amide bonds. The highest BCUT2D eigenvalue weighted by Gasteiger charge is 2.58. The highest BCUT2D eigenvalue weighted by Crippen LogP contribution is 2.57. The van der Waals surface area contributed by atoms with Crippen molar-refractivity contribution in [1.29, 1.82) is 0 Å². The number of hydrogen-bond donors (Lipinski definition) is 1. The molecule has 2 aliphatic carbocycles. The molecular weight excluding hydrogens is 252 g/mol. The van der Waals surface area contributed by atoms with E-state index in [0.29, 0.717) is 17.6 Å². The molecule has 2 saturated carbocycles.